The van der Waals surface area contributed by atoms with Crippen LogP contribution >= 0.6 is 35.3 Å². The zero-order valence-electron chi connectivity index (χ0n) is 13.3. The fraction of sp³-hybridized carbons (Fsp3) is 0.688. The summed E-state index contributed by atoms with van der Waals surface area (Å²) in [5.41, 5.74) is 0. The first-order valence-corrected chi connectivity index (χ1v) is 8.57. The summed E-state index contributed by atoms with van der Waals surface area (Å²) in [6.45, 7) is 5.55. The van der Waals surface area contributed by atoms with Crippen molar-refractivity contribution in [3.63, 3.8) is 0 Å². The van der Waals surface area contributed by atoms with Crippen LogP contribution in [0.15, 0.2) is 22.5 Å². The largest absolute Gasteiger partial charge is 0.356 e. The summed E-state index contributed by atoms with van der Waals surface area (Å²) in [6, 6.07) is 4.91. The highest BCUT2D eigenvalue weighted by atomic mass is 127. The second-order valence-electron chi connectivity index (χ2n) is 5.97. The quantitative estimate of drug-likeness (QED) is 0.434. The summed E-state index contributed by atoms with van der Waals surface area (Å²) in [5.74, 6) is 2.37. The van der Waals surface area contributed by atoms with Gasteiger partial charge in [0.25, 0.3) is 0 Å². The van der Waals surface area contributed by atoms with Gasteiger partial charge in [0.2, 0.25) is 0 Å². The molecule has 0 radical (unpaired) electrons. The lowest BCUT2D eigenvalue weighted by molar-refractivity contribution is 0.329. The third-order valence-electron chi connectivity index (χ3n) is 4.18. The van der Waals surface area contributed by atoms with Crippen molar-refractivity contribution in [3.8, 4) is 0 Å². The van der Waals surface area contributed by atoms with Crippen LogP contribution in [0.3, 0.4) is 0 Å². The summed E-state index contributed by atoms with van der Waals surface area (Å²) >= 11 is 1.83. The van der Waals surface area contributed by atoms with Crippen molar-refractivity contribution in [1.82, 2.24) is 10.6 Å². The predicted octanol–water partition coefficient (Wildman–Crippen LogP) is 4.21. The molecule has 1 fully saturated rings. The van der Waals surface area contributed by atoms with Gasteiger partial charge in [-0.05, 0) is 43.0 Å². The Kier molecular flexibility index (Phi) is 8.63. The number of halogens is 1. The molecule has 0 saturated heterocycles. The Hall–Kier alpha value is -0.300. The molecule has 0 bridgehead atoms. The van der Waals surface area contributed by atoms with Gasteiger partial charge in [0.15, 0.2) is 5.96 Å². The number of thiophene rings is 1. The van der Waals surface area contributed by atoms with Gasteiger partial charge < -0.3 is 10.6 Å². The van der Waals surface area contributed by atoms with Crippen molar-refractivity contribution in [3.05, 3.63) is 22.4 Å². The molecule has 1 aromatic rings. The van der Waals surface area contributed by atoms with Crippen molar-refractivity contribution < 1.29 is 0 Å². The topological polar surface area (TPSA) is 36.4 Å². The zero-order valence-corrected chi connectivity index (χ0v) is 16.4. The second-order valence-corrected chi connectivity index (χ2v) is 6.95. The van der Waals surface area contributed by atoms with Gasteiger partial charge in [-0.25, -0.2) is 0 Å². The Bertz CT molecular complexity index is 411. The molecule has 1 aliphatic rings. The fourth-order valence-electron chi connectivity index (χ4n) is 2.71. The van der Waals surface area contributed by atoms with Gasteiger partial charge in [-0.1, -0.05) is 19.9 Å². The van der Waals surface area contributed by atoms with Crippen LogP contribution in [0.25, 0.3) is 0 Å². The first kappa shape index (κ1) is 18.7. The average Bonchev–Trinajstić information content (AvgIpc) is 2.99. The molecule has 1 unspecified atom stereocenters. The lowest BCUT2D eigenvalue weighted by Crippen LogP contribution is -2.45. The maximum atomic E-state index is 4.35. The molecule has 0 aliphatic heterocycles. The summed E-state index contributed by atoms with van der Waals surface area (Å²) in [7, 11) is 1.86. The normalized spacial score (nSPS) is 24.0. The van der Waals surface area contributed by atoms with Gasteiger partial charge in [-0.2, -0.15) is 0 Å². The Balaban J connectivity index is 0.00000220. The summed E-state index contributed by atoms with van der Waals surface area (Å²) in [5, 5.41) is 9.17. The molecule has 2 N–H and O–H groups in total. The number of hydrogen-bond donors (Lipinski definition) is 2. The van der Waals surface area contributed by atoms with E-state index < -0.39 is 0 Å². The van der Waals surface area contributed by atoms with E-state index in [1.807, 2.05) is 18.4 Å². The van der Waals surface area contributed by atoms with Crippen LogP contribution in [0, 0.1) is 5.92 Å². The van der Waals surface area contributed by atoms with E-state index >= 15 is 0 Å². The standard InChI is InChI=1S/C16H27N3S.HI/c1-12-6-8-14(9-7-12)19-16(17-3)18-11-13(2)15-5-4-10-20-15;/h4-5,10,12-14H,6-9,11H2,1-3H3,(H2,17,18,19);1H. The average molecular weight is 421 g/mol. The van der Waals surface area contributed by atoms with Crippen LogP contribution in [0.5, 0.6) is 0 Å². The first-order valence-electron chi connectivity index (χ1n) is 7.69. The van der Waals surface area contributed by atoms with Gasteiger partial charge >= 0.3 is 0 Å². The second kappa shape index (κ2) is 9.66. The molecule has 0 aromatic carbocycles. The van der Waals surface area contributed by atoms with E-state index in [2.05, 4.69) is 47.0 Å². The van der Waals surface area contributed by atoms with Crippen molar-refractivity contribution in [2.24, 2.45) is 10.9 Å². The molecule has 21 heavy (non-hydrogen) atoms. The van der Waals surface area contributed by atoms with E-state index in [4.69, 9.17) is 0 Å². The molecule has 1 aliphatic carbocycles. The van der Waals surface area contributed by atoms with Crippen molar-refractivity contribution >= 4 is 41.3 Å². The molecule has 5 heteroatoms. The molecule has 1 heterocycles. The van der Waals surface area contributed by atoms with Gasteiger partial charge in [0.1, 0.15) is 0 Å². The van der Waals surface area contributed by atoms with Crippen LogP contribution in [0.1, 0.15) is 50.3 Å². The highest BCUT2D eigenvalue weighted by Crippen LogP contribution is 2.23. The monoisotopic (exact) mass is 421 g/mol. The van der Waals surface area contributed by atoms with Crippen LogP contribution in [-0.2, 0) is 0 Å². The van der Waals surface area contributed by atoms with Crippen molar-refractivity contribution in [2.75, 3.05) is 13.6 Å². The third-order valence-corrected chi connectivity index (χ3v) is 5.29. The van der Waals surface area contributed by atoms with E-state index in [9.17, 15) is 0 Å². The summed E-state index contributed by atoms with van der Waals surface area (Å²) in [6.07, 6.45) is 5.20. The number of guanidine groups is 1. The van der Waals surface area contributed by atoms with E-state index in [-0.39, 0.29) is 24.0 Å². The summed E-state index contributed by atoms with van der Waals surface area (Å²) in [4.78, 5) is 5.78. The Morgan fingerprint density at radius 1 is 1.38 bits per heavy atom. The van der Waals surface area contributed by atoms with Crippen molar-refractivity contribution in [1.29, 1.82) is 0 Å². The fourth-order valence-corrected chi connectivity index (χ4v) is 3.50. The highest BCUT2D eigenvalue weighted by molar-refractivity contribution is 14.0. The molecule has 120 valence electrons. The Labute approximate surface area is 150 Å². The zero-order chi connectivity index (χ0) is 14.4. The lowest BCUT2D eigenvalue weighted by atomic mass is 9.87. The van der Waals surface area contributed by atoms with Gasteiger partial charge in [-0.3, -0.25) is 4.99 Å². The molecular weight excluding hydrogens is 393 g/mol. The van der Waals surface area contributed by atoms with Crippen LogP contribution in [0.2, 0.25) is 0 Å². The van der Waals surface area contributed by atoms with E-state index in [1.54, 1.807) is 0 Å². The van der Waals surface area contributed by atoms with Crippen LogP contribution in [0.4, 0.5) is 0 Å². The van der Waals surface area contributed by atoms with Gasteiger partial charge in [-0.15, -0.1) is 35.3 Å². The summed E-state index contributed by atoms with van der Waals surface area (Å²) < 4.78 is 0. The SMILES string of the molecule is CN=C(NCC(C)c1cccs1)NC1CCC(C)CC1.I. The molecule has 2 rings (SSSR count). The molecule has 0 spiro atoms. The maximum absolute atomic E-state index is 4.35. The minimum absolute atomic E-state index is 0. The Morgan fingerprint density at radius 2 is 2.10 bits per heavy atom. The predicted molar refractivity (Wildman–Crippen MR) is 104 cm³/mol. The first-order chi connectivity index (χ1) is 9.69. The van der Waals surface area contributed by atoms with Crippen LogP contribution in [-0.4, -0.2) is 25.6 Å². The molecule has 1 aromatic heterocycles. The van der Waals surface area contributed by atoms with Gasteiger partial charge in [0.05, 0.1) is 0 Å². The van der Waals surface area contributed by atoms with E-state index in [1.165, 1.54) is 30.6 Å². The highest BCUT2D eigenvalue weighted by Gasteiger charge is 2.19. The van der Waals surface area contributed by atoms with E-state index in [0.29, 0.717) is 12.0 Å². The number of nitrogens with zero attached hydrogens (tertiary/aromatic N) is 1. The number of aliphatic imine (C=N–C) groups is 1. The van der Waals surface area contributed by atoms with E-state index in [0.717, 1.165) is 18.4 Å². The number of rotatable bonds is 4. The Morgan fingerprint density at radius 3 is 2.67 bits per heavy atom. The molecule has 1 saturated carbocycles. The van der Waals surface area contributed by atoms with Gasteiger partial charge in [0, 0.05) is 30.4 Å². The molecule has 3 nitrogen and oxygen atoms in total. The lowest BCUT2D eigenvalue weighted by Gasteiger charge is -2.28. The molecule has 1 atom stereocenters. The smallest absolute Gasteiger partial charge is 0.191 e. The van der Waals surface area contributed by atoms with Crippen LogP contribution < -0.4 is 10.6 Å². The minimum atomic E-state index is 0. The minimum Gasteiger partial charge on any atom is -0.356 e. The number of nitrogens with one attached hydrogen (secondary N) is 2. The maximum Gasteiger partial charge on any atom is 0.191 e. The molecular formula is C16H28IN3S. The molecule has 0 amide bonds. The number of hydrogen-bond acceptors (Lipinski definition) is 2. The third kappa shape index (κ3) is 6.14. The van der Waals surface area contributed by atoms with Crippen molar-refractivity contribution in [2.45, 2.75) is 51.5 Å².